The summed E-state index contributed by atoms with van der Waals surface area (Å²) in [5, 5.41) is 19.1. The van der Waals surface area contributed by atoms with E-state index in [-0.39, 0.29) is 0 Å². The molecular formula is C14H23N7O. The Morgan fingerprint density at radius 2 is 2.09 bits per heavy atom. The van der Waals surface area contributed by atoms with Crippen molar-refractivity contribution in [1.29, 1.82) is 0 Å². The third-order valence-corrected chi connectivity index (χ3v) is 3.89. The van der Waals surface area contributed by atoms with Crippen LogP contribution in [0.25, 0.3) is 5.65 Å². The second kappa shape index (κ2) is 6.97. The SMILES string of the molecule is CC(C)C[C@@H](CNc1ccc2nnnn2n1)N1CCOCC1. The van der Waals surface area contributed by atoms with Gasteiger partial charge in [0.15, 0.2) is 5.65 Å². The maximum atomic E-state index is 5.46. The standard InChI is InChI=1S/C14H23N7O/c1-11(2)9-12(20-5-7-22-8-6-20)10-15-13-3-4-14-16-18-19-21(14)17-13/h3-4,11-12H,5-10H2,1-2H3,(H,15,17)/t12-/m0/s1. The van der Waals surface area contributed by atoms with Gasteiger partial charge in [0.05, 0.1) is 13.2 Å². The molecular weight excluding hydrogens is 282 g/mol. The first-order valence-electron chi connectivity index (χ1n) is 7.83. The van der Waals surface area contributed by atoms with Gasteiger partial charge in [-0.3, -0.25) is 4.90 Å². The zero-order chi connectivity index (χ0) is 15.4. The van der Waals surface area contributed by atoms with Gasteiger partial charge in [-0.2, -0.15) is 0 Å². The summed E-state index contributed by atoms with van der Waals surface area (Å²) >= 11 is 0. The fourth-order valence-corrected chi connectivity index (χ4v) is 2.81. The number of nitrogens with zero attached hydrogens (tertiary/aromatic N) is 6. The van der Waals surface area contributed by atoms with Gasteiger partial charge in [-0.25, -0.2) is 0 Å². The number of aromatic nitrogens is 5. The molecule has 0 unspecified atom stereocenters. The predicted octanol–water partition coefficient (Wildman–Crippen LogP) is 0.678. The highest BCUT2D eigenvalue weighted by Crippen LogP contribution is 2.14. The van der Waals surface area contributed by atoms with Crippen LogP contribution in [0.4, 0.5) is 5.82 Å². The van der Waals surface area contributed by atoms with E-state index in [1.54, 1.807) is 0 Å². The topological polar surface area (TPSA) is 80.5 Å². The second-order valence-corrected chi connectivity index (χ2v) is 6.06. The van der Waals surface area contributed by atoms with Crippen LogP contribution in [0.3, 0.4) is 0 Å². The average Bonchev–Trinajstić information content (AvgIpc) is 2.99. The molecule has 0 aliphatic carbocycles. The van der Waals surface area contributed by atoms with Crippen LogP contribution in [0.2, 0.25) is 0 Å². The number of nitrogens with one attached hydrogen (secondary N) is 1. The molecule has 1 saturated heterocycles. The number of hydrogen-bond acceptors (Lipinski definition) is 7. The van der Waals surface area contributed by atoms with Crippen molar-refractivity contribution < 1.29 is 4.74 Å². The monoisotopic (exact) mass is 305 g/mol. The van der Waals surface area contributed by atoms with E-state index in [2.05, 4.69) is 44.7 Å². The molecule has 0 amide bonds. The first-order valence-corrected chi connectivity index (χ1v) is 7.83. The van der Waals surface area contributed by atoms with Crippen molar-refractivity contribution in [3.63, 3.8) is 0 Å². The molecule has 0 spiro atoms. The van der Waals surface area contributed by atoms with Crippen LogP contribution in [-0.2, 0) is 4.74 Å². The zero-order valence-corrected chi connectivity index (χ0v) is 13.1. The molecule has 8 heteroatoms. The van der Waals surface area contributed by atoms with Gasteiger partial charge >= 0.3 is 0 Å². The minimum atomic E-state index is 0.482. The Balaban J connectivity index is 1.64. The predicted molar refractivity (Wildman–Crippen MR) is 82.7 cm³/mol. The highest BCUT2D eigenvalue weighted by Gasteiger charge is 2.21. The summed E-state index contributed by atoms with van der Waals surface area (Å²) in [5.41, 5.74) is 0.650. The van der Waals surface area contributed by atoms with Gasteiger partial charge in [0.2, 0.25) is 0 Å². The van der Waals surface area contributed by atoms with Gasteiger partial charge in [0.25, 0.3) is 0 Å². The summed E-state index contributed by atoms with van der Waals surface area (Å²) in [5.74, 6) is 1.45. The lowest BCUT2D eigenvalue weighted by molar-refractivity contribution is 0.0150. The molecule has 2 aromatic heterocycles. The van der Waals surface area contributed by atoms with E-state index in [1.165, 1.54) is 4.63 Å². The fraction of sp³-hybridized carbons (Fsp3) is 0.714. The second-order valence-electron chi connectivity index (χ2n) is 6.06. The highest BCUT2D eigenvalue weighted by molar-refractivity contribution is 5.42. The van der Waals surface area contributed by atoms with Gasteiger partial charge in [-0.05, 0) is 34.9 Å². The molecule has 0 radical (unpaired) electrons. The Kier molecular flexibility index (Phi) is 4.79. The van der Waals surface area contributed by atoms with E-state index in [0.717, 1.165) is 45.1 Å². The van der Waals surface area contributed by atoms with Crippen molar-refractivity contribution in [2.45, 2.75) is 26.3 Å². The molecule has 0 saturated carbocycles. The zero-order valence-electron chi connectivity index (χ0n) is 13.1. The van der Waals surface area contributed by atoms with E-state index in [0.29, 0.717) is 17.6 Å². The first kappa shape index (κ1) is 15.1. The Labute approximate surface area is 129 Å². The largest absolute Gasteiger partial charge is 0.379 e. The first-order chi connectivity index (χ1) is 10.7. The van der Waals surface area contributed by atoms with Crippen LogP contribution < -0.4 is 5.32 Å². The molecule has 3 heterocycles. The van der Waals surface area contributed by atoms with Crippen molar-refractivity contribution in [2.75, 3.05) is 38.2 Å². The third kappa shape index (κ3) is 3.69. The molecule has 1 aliphatic rings. The lowest BCUT2D eigenvalue weighted by Gasteiger charge is -2.35. The number of anilines is 1. The number of hydrogen-bond donors (Lipinski definition) is 1. The number of fused-ring (bicyclic) bond motifs is 1. The van der Waals surface area contributed by atoms with Gasteiger partial charge in [0.1, 0.15) is 5.82 Å². The van der Waals surface area contributed by atoms with E-state index in [4.69, 9.17) is 4.74 Å². The summed E-state index contributed by atoms with van der Waals surface area (Å²) in [6.07, 6.45) is 1.15. The van der Waals surface area contributed by atoms with Gasteiger partial charge in [-0.15, -0.1) is 14.8 Å². The lowest BCUT2D eigenvalue weighted by atomic mass is 10.0. The minimum Gasteiger partial charge on any atom is -0.379 e. The third-order valence-electron chi connectivity index (χ3n) is 3.89. The molecule has 120 valence electrons. The fourth-order valence-electron chi connectivity index (χ4n) is 2.81. The van der Waals surface area contributed by atoms with Crippen molar-refractivity contribution in [2.24, 2.45) is 5.92 Å². The van der Waals surface area contributed by atoms with Crippen LogP contribution in [-0.4, -0.2) is 69.0 Å². The summed E-state index contributed by atoms with van der Waals surface area (Å²) < 4.78 is 6.90. The van der Waals surface area contributed by atoms with Crippen LogP contribution in [0.5, 0.6) is 0 Å². The van der Waals surface area contributed by atoms with Crippen LogP contribution >= 0.6 is 0 Å². The summed E-state index contributed by atoms with van der Waals surface area (Å²) in [6.45, 7) is 9.03. The molecule has 1 aliphatic heterocycles. The summed E-state index contributed by atoms with van der Waals surface area (Å²) in [4.78, 5) is 2.51. The molecule has 0 aromatic carbocycles. The molecule has 8 nitrogen and oxygen atoms in total. The van der Waals surface area contributed by atoms with Gasteiger partial charge in [0, 0.05) is 25.7 Å². The normalized spacial score (nSPS) is 18.0. The molecule has 2 aromatic rings. The number of rotatable bonds is 6. The van der Waals surface area contributed by atoms with Crippen LogP contribution in [0, 0.1) is 5.92 Å². The quantitative estimate of drug-likeness (QED) is 0.840. The smallest absolute Gasteiger partial charge is 0.200 e. The van der Waals surface area contributed by atoms with Gasteiger partial charge in [-0.1, -0.05) is 13.8 Å². The maximum Gasteiger partial charge on any atom is 0.200 e. The minimum absolute atomic E-state index is 0.482. The van der Waals surface area contributed by atoms with Crippen molar-refractivity contribution in [3.05, 3.63) is 12.1 Å². The molecule has 1 fully saturated rings. The van der Waals surface area contributed by atoms with Crippen molar-refractivity contribution in [3.8, 4) is 0 Å². The molecule has 1 N–H and O–H groups in total. The number of ether oxygens (including phenoxy) is 1. The average molecular weight is 305 g/mol. The Morgan fingerprint density at radius 3 is 2.86 bits per heavy atom. The maximum absolute atomic E-state index is 5.46. The Morgan fingerprint density at radius 1 is 1.27 bits per heavy atom. The van der Waals surface area contributed by atoms with E-state index in [9.17, 15) is 0 Å². The van der Waals surface area contributed by atoms with Gasteiger partial charge < -0.3 is 10.1 Å². The Hall–Kier alpha value is -1.80. The molecule has 0 bridgehead atoms. The summed E-state index contributed by atoms with van der Waals surface area (Å²) in [7, 11) is 0. The molecule has 3 rings (SSSR count). The van der Waals surface area contributed by atoms with Crippen molar-refractivity contribution in [1.82, 2.24) is 30.2 Å². The Bertz CT molecular complexity index is 594. The van der Waals surface area contributed by atoms with E-state index < -0.39 is 0 Å². The highest BCUT2D eigenvalue weighted by atomic mass is 16.5. The lowest BCUT2D eigenvalue weighted by Crippen LogP contribution is -2.47. The number of morpholine rings is 1. The van der Waals surface area contributed by atoms with Crippen molar-refractivity contribution >= 4 is 11.5 Å². The van der Waals surface area contributed by atoms with Crippen LogP contribution in [0.1, 0.15) is 20.3 Å². The molecule has 22 heavy (non-hydrogen) atoms. The molecule has 1 atom stereocenters. The van der Waals surface area contributed by atoms with Crippen LogP contribution in [0.15, 0.2) is 12.1 Å². The van der Waals surface area contributed by atoms with E-state index >= 15 is 0 Å². The van der Waals surface area contributed by atoms with E-state index in [1.807, 2.05) is 12.1 Å². The summed E-state index contributed by atoms with van der Waals surface area (Å²) in [6, 6.07) is 4.26. The number of tetrazole rings is 1.